The van der Waals surface area contributed by atoms with Crippen LogP contribution < -0.4 is 0 Å². The fraction of sp³-hybridized carbons (Fsp3) is 0.300. The molecule has 1 nitrogen and oxygen atoms in total. The summed E-state index contributed by atoms with van der Waals surface area (Å²) in [7, 11) is 0. The van der Waals surface area contributed by atoms with Crippen molar-refractivity contribution in [2.45, 2.75) is 12.8 Å². The molecule has 0 unspecified atom stereocenters. The van der Waals surface area contributed by atoms with Gasteiger partial charge in [-0.1, -0.05) is 0 Å². The van der Waals surface area contributed by atoms with Crippen LogP contribution in [0.25, 0.3) is 0 Å². The molecule has 0 radical (unpaired) electrons. The maximum atomic E-state index is 12.4. The lowest BCUT2D eigenvalue weighted by molar-refractivity contribution is 0.0977. The highest BCUT2D eigenvalue weighted by molar-refractivity contribution is 5.95. The molecular weight excluding hydrogens is 174 g/mol. The summed E-state index contributed by atoms with van der Waals surface area (Å²) in [6.07, 6.45) is 0.415. The second kappa shape index (κ2) is 4.70. The average molecular weight is 184 g/mol. The molecule has 0 saturated carbocycles. The molecule has 0 fully saturated rings. The van der Waals surface area contributed by atoms with E-state index in [2.05, 4.69) is 0 Å². The van der Waals surface area contributed by atoms with Gasteiger partial charge >= 0.3 is 0 Å². The van der Waals surface area contributed by atoms with E-state index in [1.54, 1.807) is 0 Å². The molecule has 0 atom stereocenters. The van der Waals surface area contributed by atoms with Gasteiger partial charge in [-0.2, -0.15) is 0 Å². The van der Waals surface area contributed by atoms with Gasteiger partial charge in [0.2, 0.25) is 0 Å². The lowest BCUT2D eigenvalue weighted by atomic mass is 10.1. The maximum Gasteiger partial charge on any atom is 0.162 e. The van der Waals surface area contributed by atoms with E-state index in [1.807, 2.05) is 0 Å². The topological polar surface area (TPSA) is 17.1 Å². The fourth-order valence-corrected chi connectivity index (χ4v) is 1.01. The first-order valence-corrected chi connectivity index (χ1v) is 4.09. The van der Waals surface area contributed by atoms with Gasteiger partial charge in [0.25, 0.3) is 0 Å². The number of alkyl halides is 1. The summed E-state index contributed by atoms with van der Waals surface area (Å²) in [6, 6.07) is 5.27. The number of ketones is 1. The molecule has 0 aromatic heterocycles. The standard InChI is InChI=1S/C10H10F2O/c11-7-1-2-10(13)8-3-5-9(12)6-4-8/h3-6H,1-2,7H2. The molecule has 70 valence electrons. The van der Waals surface area contributed by atoms with Crippen LogP contribution in [0.5, 0.6) is 0 Å². The van der Waals surface area contributed by atoms with E-state index < -0.39 is 6.67 Å². The predicted octanol–water partition coefficient (Wildman–Crippen LogP) is 2.76. The second-order valence-electron chi connectivity index (χ2n) is 2.72. The summed E-state index contributed by atoms with van der Waals surface area (Å²) in [5.41, 5.74) is 0.440. The van der Waals surface area contributed by atoms with Gasteiger partial charge in [-0.3, -0.25) is 9.18 Å². The smallest absolute Gasteiger partial charge is 0.162 e. The van der Waals surface area contributed by atoms with E-state index >= 15 is 0 Å². The Balaban J connectivity index is 2.61. The molecule has 0 heterocycles. The van der Waals surface area contributed by atoms with Crippen molar-refractivity contribution in [3.8, 4) is 0 Å². The van der Waals surface area contributed by atoms with Crippen LogP contribution in [0.2, 0.25) is 0 Å². The number of carbonyl (C=O) groups excluding carboxylic acids is 1. The van der Waals surface area contributed by atoms with Crippen molar-refractivity contribution in [2.24, 2.45) is 0 Å². The summed E-state index contributed by atoms with van der Waals surface area (Å²) < 4.78 is 24.2. The zero-order valence-corrected chi connectivity index (χ0v) is 7.09. The largest absolute Gasteiger partial charge is 0.294 e. The van der Waals surface area contributed by atoms with Crippen molar-refractivity contribution >= 4 is 5.78 Å². The number of rotatable bonds is 4. The molecule has 0 aliphatic carbocycles. The van der Waals surface area contributed by atoms with Gasteiger partial charge in [0, 0.05) is 12.0 Å². The predicted molar refractivity (Wildman–Crippen MR) is 45.9 cm³/mol. The van der Waals surface area contributed by atoms with Gasteiger partial charge in [0.1, 0.15) is 5.82 Å². The zero-order chi connectivity index (χ0) is 9.68. The minimum Gasteiger partial charge on any atom is -0.294 e. The molecule has 1 aromatic carbocycles. The third-order valence-electron chi connectivity index (χ3n) is 1.70. The van der Waals surface area contributed by atoms with Crippen LogP contribution in [0.15, 0.2) is 24.3 Å². The van der Waals surface area contributed by atoms with Crippen LogP contribution in [0.4, 0.5) is 8.78 Å². The molecule has 0 aliphatic heterocycles. The minimum atomic E-state index is -0.493. The summed E-state index contributed by atoms with van der Waals surface area (Å²) in [4.78, 5) is 11.2. The number of hydrogen-bond donors (Lipinski definition) is 0. The SMILES string of the molecule is O=C(CCCF)c1ccc(F)cc1. The highest BCUT2D eigenvalue weighted by Gasteiger charge is 2.04. The Hall–Kier alpha value is -1.25. The van der Waals surface area contributed by atoms with E-state index in [9.17, 15) is 13.6 Å². The molecule has 1 aromatic rings. The lowest BCUT2D eigenvalue weighted by Gasteiger charge is -1.98. The van der Waals surface area contributed by atoms with E-state index in [0.717, 1.165) is 0 Å². The average Bonchev–Trinajstić information content (AvgIpc) is 2.15. The Morgan fingerprint density at radius 1 is 1.23 bits per heavy atom. The molecule has 0 aliphatic rings. The molecule has 1 rings (SSSR count). The Morgan fingerprint density at radius 2 is 1.85 bits per heavy atom. The van der Waals surface area contributed by atoms with Crippen molar-refractivity contribution in [3.05, 3.63) is 35.6 Å². The van der Waals surface area contributed by atoms with Crippen molar-refractivity contribution in [3.63, 3.8) is 0 Å². The van der Waals surface area contributed by atoms with E-state index in [4.69, 9.17) is 0 Å². The highest BCUT2D eigenvalue weighted by Crippen LogP contribution is 2.07. The van der Waals surface area contributed by atoms with Gasteiger partial charge < -0.3 is 0 Å². The van der Waals surface area contributed by atoms with Gasteiger partial charge in [-0.05, 0) is 30.7 Å². The van der Waals surface area contributed by atoms with Crippen molar-refractivity contribution in [1.29, 1.82) is 0 Å². The minimum absolute atomic E-state index is 0.141. The molecule has 0 spiro atoms. The van der Waals surface area contributed by atoms with Crippen LogP contribution >= 0.6 is 0 Å². The van der Waals surface area contributed by atoms with Crippen LogP contribution in [0, 0.1) is 5.82 Å². The second-order valence-corrected chi connectivity index (χ2v) is 2.72. The monoisotopic (exact) mass is 184 g/mol. The quantitative estimate of drug-likeness (QED) is 0.657. The first-order valence-electron chi connectivity index (χ1n) is 4.09. The van der Waals surface area contributed by atoms with Crippen molar-refractivity contribution in [2.75, 3.05) is 6.67 Å². The van der Waals surface area contributed by atoms with Gasteiger partial charge in [-0.25, -0.2) is 4.39 Å². The van der Waals surface area contributed by atoms with Gasteiger partial charge in [0.05, 0.1) is 6.67 Å². The Bertz CT molecular complexity index is 279. The van der Waals surface area contributed by atoms with Gasteiger partial charge in [0.15, 0.2) is 5.78 Å². The van der Waals surface area contributed by atoms with E-state index in [0.29, 0.717) is 5.56 Å². The molecule has 3 heteroatoms. The summed E-state index contributed by atoms with van der Waals surface area (Å²) in [6.45, 7) is -0.493. The molecule has 0 N–H and O–H groups in total. The Morgan fingerprint density at radius 3 is 2.38 bits per heavy atom. The van der Waals surface area contributed by atoms with E-state index in [-0.39, 0.29) is 24.4 Å². The third-order valence-corrected chi connectivity index (χ3v) is 1.70. The first kappa shape index (κ1) is 9.84. The number of benzene rings is 1. The lowest BCUT2D eigenvalue weighted by Crippen LogP contribution is -1.99. The van der Waals surface area contributed by atoms with E-state index in [1.165, 1.54) is 24.3 Å². The van der Waals surface area contributed by atoms with Crippen LogP contribution in [0.3, 0.4) is 0 Å². The Kier molecular flexibility index (Phi) is 3.55. The van der Waals surface area contributed by atoms with Gasteiger partial charge in [-0.15, -0.1) is 0 Å². The zero-order valence-electron chi connectivity index (χ0n) is 7.09. The van der Waals surface area contributed by atoms with Crippen LogP contribution in [0.1, 0.15) is 23.2 Å². The number of Topliss-reactive ketones (excluding diaryl/α,β-unsaturated/α-hetero) is 1. The fourth-order valence-electron chi connectivity index (χ4n) is 1.01. The number of halogens is 2. The first-order chi connectivity index (χ1) is 6.24. The summed E-state index contributed by atoms with van der Waals surface area (Å²) >= 11 is 0. The van der Waals surface area contributed by atoms with Crippen LogP contribution in [-0.2, 0) is 0 Å². The van der Waals surface area contributed by atoms with Crippen LogP contribution in [-0.4, -0.2) is 12.5 Å². The third kappa shape index (κ3) is 2.93. The highest BCUT2D eigenvalue weighted by atomic mass is 19.1. The molecule has 0 amide bonds. The summed E-state index contributed by atoms with van der Waals surface area (Å²) in [5.74, 6) is -0.514. The molecule has 0 saturated heterocycles. The maximum absolute atomic E-state index is 12.4. The number of hydrogen-bond acceptors (Lipinski definition) is 1. The normalized spacial score (nSPS) is 10.0. The van der Waals surface area contributed by atoms with Crippen molar-refractivity contribution in [1.82, 2.24) is 0 Å². The Labute approximate surface area is 75.4 Å². The van der Waals surface area contributed by atoms with Crippen molar-refractivity contribution < 1.29 is 13.6 Å². The molecule has 13 heavy (non-hydrogen) atoms. The molecule has 0 bridgehead atoms. The molecular formula is C10H10F2O. The summed E-state index contributed by atoms with van der Waals surface area (Å²) in [5, 5.41) is 0. The number of carbonyl (C=O) groups is 1.